The number of unbranched alkanes of at least 4 members (excludes halogenated alkanes) is 2. The lowest BCUT2D eigenvalue weighted by Crippen LogP contribution is -2.12. The first-order valence-electron chi connectivity index (χ1n) is 7.29. The van der Waals surface area contributed by atoms with Gasteiger partial charge in [-0.05, 0) is 18.9 Å². The number of nitro benzene ring substituents is 1. The Kier molecular flexibility index (Phi) is 7.21. The maximum Gasteiger partial charge on any atom is 0.271 e. The number of hydrogen-bond acceptors (Lipinski definition) is 4. The second-order valence-electron chi connectivity index (χ2n) is 4.79. The monoisotopic (exact) mass is 294 g/mol. The average Bonchev–Trinajstić information content (AvgIpc) is 2.46. The summed E-state index contributed by atoms with van der Waals surface area (Å²) in [4.78, 5) is 22.2. The summed E-state index contributed by atoms with van der Waals surface area (Å²) in [6, 6.07) is 4.23. The summed E-state index contributed by atoms with van der Waals surface area (Å²) in [5.74, 6) is 0.316. The van der Waals surface area contributed by atoms with Crippen LogP contribution in [0, 0.1) is 10.1 Å². The van der Waals surface area contributed by atoms with Crippen molar-refractivity contribution in [3.05, 3.63) is 28.3 Å². The van der Waals surface area contributed by atoms with E-state index in [4.69, 9.17) is 4.74 Å². The maximum atomic E-state index is 11.9. The normalized spacial score (nSPS) is 10.2. The van der Waals surface area contributed by atoms with E-state index in [9.17, 15) is 14.9 Å². The zero-order valence-electron chi connectivity index (χ0n) is 12.6. The lowest BCUT2D eigenvalue weighted by Gasteiger charge is -2.12. The van der Waals surface area contributed by atoms with Crippen molar-refractivity contribution in [2.75, 3.05) is 11.9 Å². The van der Waals surface area contributed by atoms with Crippen LogP contribution in [0.4, 0.5) is 11.4 Å². The first kappa shape index (κ1) is 16.9. The fourth-order valence-corrected chi connectivity index (χ4v) is 1.82. The molecule has 0 atom stereocenters. The molecule has 0 saturated heterocycles. The third-order valence-corrected chi connectivity index (χ3v) is 2.92. The van der Waals surface area contributed by atoms with Gasteiger partial charge in [0.2, 0.25) is 5.91 Å². The van der Waals surface area contributed by atoms with Gasteiger partial charge in [-0.3, -0.25) is 14.9 Å². The average molecular weight is 294 g/mol. The molecule has 6 nitrogen and oxygen atoms in total. The molecule has 0 aliphatic carbocycles. The molecule has 0 aliphatic rings. The summed E-state index contributed by atoms with van der Waals surface area (Å²) in [5, 5.41) is 13.5. The van der Waals surface area contributed by atoms with Gasteiger partial charge in [0.05, 0.1) is 17.2 Å². The zero-order valence-corrected chi connectivity index (χ0v) is 12.6. The summed E-state index contributed by atoms with van der Waals surface area (Å²) in [7, 11) is 0. The number of non-ortho nitro benzene ring substituents is 1. The molecule has 0 spiro atoms. The van der Waals surface area contributed by atoms with Gasteiger partial charge in [-0.15, -0.1) is 0 Å². The van der Waals surface area contributed by atoms with Crippen LogP contribution in [0.25, 0.3) is 0 Å². The summed E-state index contributed by atoms with van der Waals surface area (Å²) in [6.45, 7) is 4.53. The topological polar surface area (TPSA) is 81.5 Å². The van der Waals surface area contributed by atoms with E-state index in [1.807, 2.05) is 6.92 Å². The lowest BCUT2D eigenvalue weighted by atomic mass is 10.2. The van der Waals surface area contributed by atoms with Gasteiger partial charge in [-0.2, -0.15) is 0 Å². The molecule has 0 saturated carbocycles. The Balaban J connectivity index is 2.81. The number of hydrogen-bond donors (Lipinski definition) is 1. The maximum absolute atomic E-state index is 11.9. The van der Waals surface area contributed by atoms with Crippen LogP contribution in [0.3, 0.4) is 0 Å². The minimum absolute atomic E-state index is 0.0669. The number of ether oxygens (including phenoxy) is 1. The number of nitrogens with one attached hydrogen (secondary N) is 1. The number of benzene rings is 1. The van der Waals surface area contributed by atoms with Crippen LogP contribution in [0.5, 0.6) is 5.75 Å². The molecule has 116 valence electrons. The number of carbonyl (C=O) groups excluding carboxylic acids is 1. The van der Waals surface area contributed by atoms with Crippen LogP contribution < -0.4 is 10.1 Å². The van der Waals surface area contributed by atoms with Crippen LogP contribution >= 0.6 is 0 Å². The van der Waals surface area contributed by atoms with Gasteiger partial charge >= 0.3 is 0 Å². The molecular weight excluding hydrogens is 272 g/mol. The second-order valence-corrected chi connectivity index (χ2v) is 4.79. The van der Waals surface area contributed by atoms with E-state index < -0.39 is 4.92 Å². The zero-order chi connectivity index (χ0) is 15.7. The molecule has 1 rings (SSSR count). The Hall–Kier alpha value is -2.11. The standard InChI is InChI=1S/C15H22N2O4/c1-3-5-6-7-15(18)16-13-11-12(17(19)20)8-9-14(13)21-10-4-2/h8-9,11H,3-7,10H2,1-2H3,(H,16,18). The SMILES string of the molecule is CCCCCC(=O)Nc1cc([N+](=O)[O-])ccc1OCCC. The summed E-state index contributed by atoms with van der Waals surface area (Å²) in [6.07, 6.45) is 4.06. The number of amides is 1. The van der Waals surface area contributed by atoms with Gasteiger partial charge in [0.15, 0.2) is 0 Å². The number of carbonyl (C=O) groups is 1. The first-order valence-corrected chi connectivity index (χ1v) is 7.29. The van der Waals surface area contributed by atoms with Crippen LogP contribution in [0.1, 0.15) is 46.0 Å². The van der Waals surface area contributed by atoms with E-state index in [0.717, 1.165) is 25.7 Å². The van der Waals surface area contributed by atoms with Gasteiger partial charge in [0.25, 0.3) is 5.69 Å². The fourth-order valence-electron chi connectivity index (χ4n) is 1.82. The highest BCUT2D eigenvalue weighted by molar-refractivity contribution is 5.92. The molecule has 0 heterocycles. The molecule has 1 amide bonds. The molecule has 21 heavy (non-hydrogen) atoms. The van der Waals surface area contributed by atoms with Gasteiger partial charge < -0.3 is 10.1 Å². The summed E-state index contributed by atoms with van der Waals surface area (Å²) in [5.41, 5.74) is 0.293. The van der Waals surface area contributed by atoms with Crippen LogP contribution in [-0.4, -0.2) is 17.4 Å². The van der Waals surface area contributed by atoms with E-state index >= 15 is 0 Å². The lowest BCUT2D eigenvalue weighted by molar-refractivity contribution is -0.384. The molecule has 0 fully saturated rings. The quantitative estimate of drug-likeness (QED) is 0.425. The Morgan fingerprint density at radius 1 is 1.29 bits per heavy atom. The van der Waals surface area contributed by atoms with E-state index in [0.29, 0.717) is 24.5 Å². The Labute approximate surface area is 124 Å². The van der Waals surface area contributed by atoms with Crippen molar-refractivity contribution in [3.63, 3.8) is 0 Å². The number of anilines is 1. The Morgan fingerprint density at radius 3 is 2.67 bits per heavy atom. The van der Waals surface area contributed by atoms with Crippen LogP contribution in [-0.2, 0) is 4.79 Å². The molecule has 0 bridgehead atoms. The number of nitro groups is 1. The van der Waals surface area contributed by atoms with Gasteiger partial charge in [-0.1, -0.05) is 26.7 Å². The van der Waals surface area contributed by atoms with Crippen LogP contribution in [0.2, 0.25) is 0 Å². The fraction of sp³-hybridized carbons (Fsp3) is 0.533. The largest absolute Gasteiger partial charge is 0.491 e. The van der Waals surface area contributed by atoms with E-state index in [-0.39, 0.29) is 11.6 Å². The molecule has 1 aromatic carbocycles. The molecule has 6 heteroatoms. The number of nitrogens with zero attached hydrogens (tertiary/aromatic N) is 1. The van der Waals surface area contributed by atoms with Crippen molar-refractivity contribution >= 4 is 17.3 Å². The second kappa shape index (κ2) is 8.94. The Morgan fingerprint density at radius 2 is 2.05 bits per heavy atom. The molecule has 1 N–H and O–H groups in total. The molecule has 1 aromatic rings. The van der Waals surface area contributed by atoms with E-state index in [1.54, 1.807) is 0 Å². The van der Waals surface area contributed by atoms with Gasteiger partial charge in [0.1, 0.15) is 5.75 Å². The highest BCUT2D eigenvalue weighted by Gasteiger charge is 2.14. The Bertz CT molecular complexity index is 489. The predicted molar refractivity (Wildman–Crippen MR) is 81.7 cm³/mol. The molecule has 0 radical (unpaired) electrons. The van der Waals surface area contributed by atoms with Crippen molar-refractivity contribution in [2.24, 2.45) is 0 Å². The molecule has 0 aliphatic heterocycles. The first-order chi connectivity index (χ1) is 10.1. The van der Waals surface area contributed by atoms with Crippen LogP contribution in [0.15, 0.2) is 18.2 Å². The number of rotatable bonds is 9. The summed E-state index contributed by atoms with van der Waals surface area (Å²) < 4.78 is 5.51. The van der Waals surface area contributed by atoms with Gasteiger partial charge in [0, 0.05) is 18.6 Å². The summed E-state index contributed by atoms with van der Waals surface area (Å²) >= 11 is 0. The van der Waals surface area contributed by atoms with Crippen molar-refractivity contribution < 1.29 is 14.5 Å². The van der Waals surface area contributed by atoms with Gasteiger partial charge in [-0.25, -0.2) is 0 Å². The van der Waals surface area contributed by atoms with Crippen molar-refractivity contribution in [1.82, 2.24) is 0 Å². The third kappa shape index (κ3) is 5.81. The highest BCUT2D eigenvalue weighted by Crippen LogP contribution is 2.29. The predicted octanol–water partition coefficient (Wildman–Crippen LogP) is 3.90. The molecular formula is C15H22N2O4. The van der Waals surface area contributed by atoms with Crippen molar-refractivity contribution in [1.29, 1.82) is 0 Å². The third-order valence-electron chi connectivity index (χ3n) is 2.92. The minimum Gasteiger partial charge on any atom is -0.491 e. The molecule has 0 aromatic heterocycles. The van der Waals surface area contributed by atoms with Crippen molar-refractivity contribution in [2.45, 2.75) is 46.0 Å². The van der Waals surface area contributed by atoms with E-state index in [1.165, 1.54) is 18.2 Å². The highest BCUT2D eigenvalue weighted by atomic mass is 16.6. The smallest absolute Gasteiger partial charge is 0.271 e. The molecule has 0 unspecified atom stereocenters. The minimum atomic E-state index is -0.490. The van der Waals surface area contributed by atoms with Crippen molar-refractivity contribution in [3.8, 4) is 5.75 Å². The van der Waals surface area contributed by atoms with E-state index in [2.05, 4.69) is 12.2 Å².